The SMILES string of the molecule is CCC[C@H](C)Nc1nc(N)ncc1OCc1nccc(OC)c1OC. The lowest BCUT2D eigenvalue weighted by molar-refractivity contribution is 0.284. The van der Waals surface area contributed by atoms with E-state index in [1.807, 2.05) is 0 Å². The van der Waals surface area contributed by atoms with E-state index >= 15 is 0 Å². The highest BCUT2D eigenvalue weighted by molar-refractivity contribution is 5.52. The molecule has 0 saturated heterocycles. The van der Waals surface area contributed by atoms with Gasteiger partial charge in [-0.3, -0.25) is 4.98 Å². The molecule has 0 unspecified atom stereocenters. The van der Waals surface area contributed by atoms with Gasteiger partial charge in [-0.25, -0.2) is 4.98 Å². The molecule has 0 aromatic carbocycles. The zero-order valence-corrected chi connectivity index (χ0v) is 15.1. The van der Waals surface area contributed by atoms with Crippen LogP contribution in [0.25, 0.3) is 0 Å². The Hall–Kier alpha value is -2.77. The van der Waals surface area contributed by atoms with Crippen LogP contribution in [0.3, 0.4) is 0 Å². The van der Waals surface area contributed by atoms with Crippen molar-refractivity contribution in [2.24, 2.45) is 0 Å². The molecule has 8 nitrogen and oxygen atoms in total. The first-order valence-corrected chi connectivity index (χ1v) is 8.16. The molecule has 0 aliphatic carbocycles. The summed E-state index contributed by atoms with van der Waals surface area (Å²) in [6.45, 7) is 4.40. The van der Waals surface area contributed by atoms with Crippen LogP contribution < -0.4 is 25.3 Å². The van der Waals surface area contributed by atoms with Gasteiger partial charge in [-0.1, -0.05) is 13.3 Å². The van der Waals surface area contributed by atoms with E-state index in [1.165, 1.54) is 0 Å². The molecule has 0 aliphatic rings. The Balaban J connectivity index is 2.18. The van der Waals surface area contributed by atoms with Gasteiger partial charge in [0.1, 0.15) is 12.3 Å². The normalized spacial score (nSPS) is 11.7. The zero-order chi connectivity index (χ0) is 18.2. The maximum absolute atomic E-state index is 5.86. The highest BCUT2D eigenvalue weighted by atomic mass is 16.5. The quantitative estimate of drug-likeness (QED) is 0.713. The summed E-state index contributed by atoms with van der Waals surface area (Å²) in [7, 11) is 3.14. The average molecular weight is 347 g/mol. The lowest BCUT2D eigenvalue weighted by atomic mass is 10.2. The number of ether oxygens (including phenoxy) is 3. The van der Waals surface area contributed by atoms with Crippen LogP contribution in [-0.4, -0.2) is 35.2 Å². The van der Waals surface area contributed by atoms with Gasteiger partial charge in [0.25, 0.3) is 0 Å². The minimum Gasteiger partial charge on any atom is -0.493 e. The van der Waals surface area contributed by atoms with E-state index in [0.29, 0.717) is 28.8 Å². The van der Waals surface area contributed by atoms with Crippen LogP contribution >= 0.6 is 0 Å². The highest BCUT2D eigenvalue weighted by Crippen LogP contribution is 2.31. The van der Waals surface area contributed by atoms with Crippen molar-refractivity contribution in [2.75, 3.05) is 25.3 Å². The van der Waals surface area contributed by atoms with Crippen molar-refractivity contribution >= 4 is 11.8 Å². The van der Waals surface area contributed by atoms with Gasteiger partial charge in [0, 0.05) is 18.3 Å². The van der Waals surface area contributed by atoms with Crippen LogP contribution in [0.15, 0.2) is 18.5 Å². The number of methoxy groups -OCH3 is 2. The summed E-state index contributed by atoms with van der Waals surface area (Å²) in [5.41, 5.74) is 6.32. The van der Waals surface area contributed by atoms with Crippen molar-refractivity contribution in [3.63, 3.8) is 0 Å². The zero-order valence-electron chi connectivity index (χ0n) is 15.1. The third-order valence-corrected chi connectivity index (χ3v) is 3.61. The van der Waals surface area contributed by atoms with Gasteiger partial charge in [0.05, 0.1) is 20.4 Å². The van der Waals surface area contributed by atoms with Crippen LogP contribution in [0.4, 0.5) is 11.8 Å². The standard InChI is InChI=1S/C17H25N5O3/c1-5-6-11(2)21-16-14(9-20-17(18)22-16)25-10-12-15(24-4)13(23-3)7-8-19-12/h7-9,11H,5-6,10H2,1-4H3,(H3,18,20,21,22)/t11-/m0/s1. The lowest BCUT2D eigenvalue weighted by Crippen LogP contribution is -2.17. The maximum Gasteiger partial charge on any atom is 0.222 e. The molecule has 0 saturated carbocycles. The number of nitrogens with two attached hydrogens (primary N) is 1. The Kier molecular flexibility index (Phi) is 6.62. The topological polar surface area (TPSA) is 104 Å². The van der Waals surface area contributed by atoms with Crippen LogP contribution in [-0.2, 0) is 6.61 Å². The van der Waals surface area contributed by atoms with Gasteiger partial charge < -0.3 is 25.3 Å². The molecule has 0 spiro atoms. The molecule has 2 rings (SSSR count). The number of nitrogens with one attached hydrogen (secondary N) is 1. The fourth-order valence-corrected chi connectivity index (χ4v) is 2.43. The second kappa shape index (κ2) is 8.91. The Morgan fingerprint density at radius 3 is 2.68 bits per heavy atom. The van der Waals surface area contributed by atoms with E-state index < -0.39 is 0 Å². The highest BCUT2D eigenvalue weighted by Gasteiger charge is 2.15. The number of hydrogen-bond donors (Lipinski definition) is 2. The van der Waals surface area contributed by atoms with Crippen molar-refractivity contribution in [3.8, 4) is 17.2 Å². The van der Waals surface area contributed by atoms with E-state index in [0.717, 1.165) is 12.8 Å². The number of rotatable bonds is 9. The first kappa shape index (κ1) is 18.6. The second-order valence-electron chi connectivity index (χ2n) is 5.56. The second-order valence-corrected chi connectivity index (χ2v) is 5.56. The average Bonchev–Trinajstić information content (AvgIpc) is 2.60. The molecule has 2 aromatic heterocycles. The maximum atomic E-state index is 5.86. The number of nitrogen functional groups attached to an aromatic ring is 1. The van der Waals surface area contributed by atoms with Crippen molar-refractivity contribution in [3.05, 3.63) is 24.2 Å². The van der Waals surface area contributed by atoms with Crippen LogP contribution in [0.1, 0.15) is 32.4 Å². The third-order valence-electron chi connectivity index (χ3n) is 3.61. The number of aromatic nitrogens is 3. The van der Waals surface area contributed by atoms with E-state index in [1.54, 1.807) is 32.7 Å². The molecule has 0 bridgehead atoms. The molecule has 2 aromatic rings. The van der Waals surface area contributed by atoms with Crippen LogP contribution in [0, 0.1) is 0 Å². The molecular formula is C17H25N5O3. The third kappa shape index (κ3) is 4.85. The minimum atomic E-state index is 0.185. The minimum absolute atomic E-state index is 0.185. The molecule has 0 aliphatic heterocycles. The number of anilines is 2. The predicted molar refractivity (Wildman–Crippen MR) is 96.1 cm³/mol. The van der Waals surface area contributed by atoms with E-state index in [-0.39, 0.29) is 18.6 Å². The molecular weight excluding hydrogens is 322 g/mol. The summed E-state index contributed by atoms with van der Waals surface area (Å²) < 4.78 is 16.5. The summed E-state index contributed by atoms with van der Waals surface area (Å²) in [4.78, 5) is 12.5. The first-order chi connectivity index (χ1) is 12.1. The fraction of sp³-hybridized carbons (Fsp3) is 0.471. The predicted octanol–water partition coefficient (Wildman–Crippen LogP) is 2.65. The molecule has 25 heavy (non-hydrogen) atoms. The summed E-state index contributed by atoms with van der Waals surface area (Å²) in [6.07, 6.45) is 5.27. The van der Waals surface area contributed by atoms with Gasteiger partial charge in [0.2, 0.25) is 5.95 Å². The fourth-order valence-electron chi connectivity index (χ4n) is 2.43. The molecule has 1 atom stereocenters. The van der Waals surface area contributed by atoms with Gasteiger partial charge in [0.15, 0.2) is 23.1 Å². The van der Waals surface area contributed by atoms with Crippen LogP contribution in [0.2, 0.25) is 0 Å². The number of hydrogen-bond acceptors (Lipinski definition) is 8. The van der Waals surface area contributed by atoms with Crippen LogP contribution in [0.5, 0.6) is 17.2 Å². The summed E-state index contributed by atoms with van der Waals surface area (Å²) in [5.74, 6) is 2.39. The monoisotopic (exact) mass is 347 g/mol. The van der Waals surface area contributed by atoms with Gasteiger partial charge in [-0.2, -0.15) is 4.98 Å². The Morgan fingerprint density at radius 1 is 1.20 bits per heavy atom. The summed E-state index contributed by atoms with van der Waals surface area (Å²) in [5, 5.41) is 3.31. The van der Waals surface area contributed by atoms with Crippen molar-refractivity contribution in [2.45, 2.75) is 39.3 Å². The van der Waals surface area contributed by atoms with Gasteiger partial charge >= 0.3 is 0 Å². The molecule has 3 N–H and O–H groups in total. The molecule has 8 heteroatoms. The summed E-state index contributed by atoms with van der Waals surface area (Å²) in [6, 6.07) is 1.97. The largest absolute Gasteiger partial charge is 0.493 e. The van der Waals surface area contributed by atoms with E-state index in [9.17, 15) is 0 Å². The lowest BCUT2D eigenvalue weighted by Gasteiger charge is -2.17. The Labute approximate surface area is 147 Å². The Morgan fingerprint density at radius 2 is 2.00 bits per heavy atom. The smallest absolute Gasteiger partial charge is 0.222 e. The van der Waals surface area contributed by atoms with Crippen molar-refractivity contribution < 1.29 is 14.2 Å². The molecule has 0 fully saturated rings. The van der Waals surface area contributed by atoms with Crippen molar-refractivity contribution in [1.29, 1.82) is 0 Å². The molecule has 0 radical (unpaired) electrons. The molecule has 2 heterocycles. The number of pyridine rings is 1. The molecule has 136 valence electrons. The van der Waals surface area contributed by atoms with Gasteiger partial charge in [-0.15, -0.1) is 0 Å². The van der Waals surface area contributed by atoms with Gasteiger partial charge in [-0.05, 0) is 13.3 Å². The number of nitrogens with zero attached hydrogens (tertiary/aromatic N) is 3. The Bertz CT molecular complexity index is 696. The van der Waals surface area contributed by atoms with Crippen molar-refractivity contribution in [1.82, 2.24) is 15.0 Å². The molecule has 0 amide bonds. The summed E-state index contributed by atoms with van der Waals surface area (Å²) >= 11 is 0. The van der Waals surface area contributed by atoms with E-state index in [4.69, 9.17) is 19.9 Å². The van der Waals surface area contributed by atoms with E-state index in [2.05, 4.69) is 34.1 Å². The first-order valence-electron chi connectivity index (χ1n) is 8.16.